The molecule has 0 aliphatic carbocycles. The van der Waals surface area contributed by atoms with Crippen molar-refractivity contribution in [2.24, 2.45) is 0 Å². The van der Waals surface area contributed by atoms with Crippen molar-refractivity contribution in [3.63, 3.8) is 0 Å². The second-order valence-electron chi connectivity index (χ2n) is 5.63. The average Bonchev–Trinajstić information content (AvgIpc) is 2.57. The summed E-state index contributed by atoms with van der Waals surface area (Å²) in [5.41, 5.74) is 1.49. The first kappa shape index (κ1) is 18.3. The van der Waals surface area contributed by atoms with Crippen molar-refractivity contribution in [1.82, 2.24) is 0 Å². The van der Waals surface area contributed by atoms with Crippen LogP contribution in [0.1, 0.15) is 40.1 Å². The molecular formula is C19H18FNO4. The summed E-state index contributed by atoms with van der Waals surface area (Å²) in [6, 6.07) is 10.2. The normalized spacial score (nSPS) is 11.5. The van der Waals surface area contributed by atoms with Gasteiger partial charge in [-0.2, -0.15) is 0 Å². The molecule has 0 aliphatic heterocycles. The number of anilines is 1. The molecule has 2 rings (SSSR count). The van der Waals surface area contributed by atoms with Crippen molar-refractivity contribution in [2.75, 3.05) is 5.32 Å². The summed E-state index contributed by atoms with van der Waals surface area (Å²) in [4.78, 5) is 35.6. The number of halogens is 1. The number of ether oxygens (including phenoxy) is 1. The summed E-state index contributed by atoms with van der Waals surface area (Å²) >= 11 is 0. The van der Waals surface area contributed by atoms with E-state index >= 15 is 0 Å². The van der Waals surface area contributed by atoms with Crippen LogP contribution in [0.25, 0.3) is 0 Å². The van der Waals surface area contributed by atoms with Crippen LogP contribution in [0.3, 0.4) is 0 Å². The molecule has 2 aromatic carbocycles. The fourth-order valence-electron chi connectivity index (χ4n) is 2.15. The Kier molecular flexibility index (Phi) is 5.64. The highest BCUT2D eigenvalue weighted by Gasteiger charge is 2.20. The lowest BCUT2D eigenvalue weighted by atomic mass is 10.1. The van der Waals surface area contributed by atoms with Gasteiger partial charge in [0.1, 0.15) is 5.82 Å². The van der Waals surface area contributed by atoms with Crippen LogP contribution in [-0.2, 0) is 9.53 Å². The topological polar surface area (TPSA) is 72.5 Å². The summed E-state index contributed by atoms with van der Waals surface area (Å²) < 4.78 is 18.4. The number of aryl methyl sites for hydroxylation is 1. The van der Waals surface area contributed by atoms with E-state index in [4.69, 9.17) is 4.74 Å². The first-order valence-corrected chi connectivity index (χ1v) is 7.67. The van der Waals surface area contributed by atoms with Crippen LogP contribution in [-0.4, -0.2) is 23.8 Å². The molecule has 0 saturated carbocycles. The van der Waals surface area contributed by atoms with Crippen LogP contribution in [0.2, 0.25) is 0 Å². The molecule has 6 heteroatoms. The Bertz CT molecular complexity index is 832. The number of ketones is 1. The van der Waals surface area contributed by atoms with E-state index in [9.17, 15) is 18.8 Å². The summed E-state index contributed by atoms with van der Waals surface area (Å²) in [6.07, 6.45) is -1.09. The predicted molar refractivity (Wildman–Crippen MR) is 91.1 cm³/mol. The minimum Gasteiger partial charge on any atom is -0.449 e. The molecule has 0 aromatic heterocycles. The molecule has 1 unspecified atom stereocenters. The van der Waals surface area contributed by atoms with Crippen molar-refractivity contribution >= 4 is 23.3 Å². The minimum absolute atomic E-state index is 0.0678. The molecule has 0 radical (unpaired) electrons. The minimum atomic E-state index is -1.09. The van der Waals surface area contributed by atoms with Crippen LogP contribution in [0, 0.1) is 12.7 Å². The lowest BCUT2D eigenvalue weighted by Gasteiger charge is -2.14. The van der Waals surface area contributed by atoms with E-state index in [-0.39, 0.29) is 11.3 Å². The van der Waals surface area contributed by atoms with E-state index < -0.39 is 23.8 Å². The third kappa shape index (κ3) is 4.73. The Morgan fingerprint density at radius 2 is 1.84 bits per heavy atom. The SMILES string of the molecule is CC(=O)c1cccc(NC(=O)C(C)OC(=O)c2cc(F)ccc2C)c1. The highest BCUT2D eigenvalue weighted by molar-refractivity contribution is 5.99. The number of carbonyl (C=O) groups excluding carboxylic acids is 3. The van der Waals surface area contributed by atoms with Gasteiger partial charge in [-0.3, -0.25) is 9.59 Å². The summed E-state index contributed by atoms with van der Waals surface area (Å²) in [6.45, 7) is 4.48. The second-order valence-corrected chi connectivity index (χ2v) is 5.63. The lowest BCUT2D eigenvalue weighted by molar-refractivity contribution is -0.123. The maximum atomic E-state index is 13.3. The number of amides is 1. The molecule has 0 fully saturated rings. The molecule has 1 N–H and O–H groups in total. The third-order valence-electron chi connectivity index (χ3n) is 3.61. The van der Waals surface area contributed by atoms with Gasteiger partial charge in [0, 0.05) is 11.3 Å². The number of carbonyl (C=O) groups is 3. The van der Waals surface area contributed by atoms with E-state index in [1.54, 1.807) is 25.1 Å². The predicted octanol–water partition coefficient (Wildman–Crippen LogP) is 3.52. The van der Waals surface area contributed by atoms with Gasteiger partial charge in [0.05, 0.1) is 5.56 Å². The van der Waals surface area contributed by atoms with Crippen LogP contribution in [0.15, 0.2) is 42.5 Å². The number of nitrogens with one attached hydrogen (secondary N) is 1. The molecule has 1 atom stereocenters. The maximum Gasteiger partial charge on any atom is 0.339 e. The molecule has 0 bridgehead atoms. The Hall–Kier alpha value is -3.02. The molecule has 1 amide bonds. The van der Waals surface area contributed by atoms with E-state index in [0.29, 0.717) is 16.8 Å². The van der Waals surface area contributed by atoms with Crippen LogP contribution in [0.4, 0.5) is 10.1 Å². The van der Waals surface area contributed by atoms with Gasteiger partial charge in [0.15, 0.2) is 11.9 Å². The fourth-order valence-corrected chi connectivity index (χ4v) is 2.15. The quantitative estimate of drug-likeness (QED) is 0.666. The van der Waals surface area contributed by atoms with Crippen LogP contribution < -0.4 is 5.32 Å². The zero-order chi connectivity index (χ0) is 18.6. The van der Waals surface area contributed by atoms with Crippen LogP contribution >= 0.6 is 0 Å². The van der Waals surface area contributed by atoms with Gasteiger partial charge in [-0.1, -0.05) is 18.2 Å². The van der Waals surface area contributed by atoms with Crippen molar-refractivity contribution in [3.05, 3.63) is 65.0 Å². The summed E-state index contributed by atoms with van der Waals surface area (Å²) in [5, 5.41) is 2.58. The van der Waals surface area contributed by atoms with E-state index in [2.05, 4.69) is 5.32 Å². The van der Waals surface area contributed by atoms with Gasteiger partial charge in [0.2, 0.25) is 0 Å². The Morgan fingerprint density at radius 3 is 2.52 bits per heavy atom. The van der Waals surface area contributed by atoms with E-state index in [1.165, 1.54) is 32.0 Å². The maximum absolute atomic E-state index is 13.3. The zero-order valence-electron chi connectivity index (χ0n) is 14.1. The fraction of sp³-hybridized carbons (Fsp3) is 0.211. The molecule has 0 aliphatic rings. The number of Topliss-reactive ketones (excluding diaryl/α,β-unsaturated/α-hetero) is 1. The standard InChI is InChI=1S/C19H18FNO4/c1-11-7-8-15(20)10-17(11)19(24)25-13(3)18(23)21-16-6-4-5-14(9-16)12(2)22/h4-10,13H,1-3H3,(H,21,23). The van der Waals surface area contributed by atoms with Gasteiger partial charge in [0.25, 0.3) is 5.91 Å². The number of esters is 1. The van der Waals surface area contributed by atoms with Gasteiger partial charge in [-0.15, -0.1) is 0 Å². The number of benzene rings is 2. The Balaban J connectivity index is 2.05. The van der Waals surface area contributed by atoms with E-state index in [1.807, 2.05) is 0 Å². The smallest absolute Gasteiger partial charge is 0.339 e. The van der Waals surface area contributed by atoms with Crippen molar-refractivity contribution < 1.29 is 23.5 Å². The van der Waals surface area contributed by atoms with Gasteiger partial charge in [-0.05, 0) is 50.6 Å². The molecule has 130 valence electrons. The first-order chi connectivity index (χ1) is 11.8. The Labute approximate surface area is 144 Å². The number of hydrogen-bond acceptors (Lipinski definition) is 4. The molecular weight excluding hydrogens is 325 g/mol. The lowest BCUT2D eigenvalue weighted by Crippen LogP contribution is -2.30. The average molecular weight is 343 g/mol. The van der Waals surface area contributed by atoms with E-state index in [0.717, 1.165) is 6.07 Å². The van der Waals surface area contributed by atoms with Gasteiger partial charge >= 0.3 is 5.97 Å². The Morgan fingerprint density at radius 1 is 1.12 bits per heavy atom. The summed E-state index contributed by atoms with van der Waals surface area (Å²) in [7, 11) is 0. The number of rotatable bonds is 5. The number of hydrogen-bond donors (Lipinski definition) is 1. The first-order valence-electron chi connectivity index (χ1n) is 7.67. The van der Waals surface area contributed by atoms with Crippen molar-refractivity contribution in [1.29, 1.82) is 0 Å². The molecule has 5 nitrogen and oxygen atoms in total. The van der Waals surface area contributed by atoms with Gasteiger partial charge in [-0.25, -0.2) is 9.18 Å². The third-order valence-corrected chi connectivity index (χ3v) is 3.61. The second kappa shape index (κ2) is 7.70. The molecule has 2 aromatic rings. The molecule has 0 saturated heterocycles. The monoisotopic (exact) mass is 343 g/mol. The molecule has 0 heterocycles. The van der Waals surface area contributed by atoms with Crippen molar-refractivity contribution in [2.45, 2.75) is 26.9 Å². The largest absolute Gasteiger partial charge is 0.449 e. The van der Waals surface area contributed by atoms with Crippen molar-refractivity contribution in [3.8, 4) is 0 Å². The van der Waals surface area contributed by atoms with Gasteiger partial charge < -0.3 is 10.1 Å². The highest BCUT2D eigenvalue weighted by atomic mass is 19.1. The zero-order valence-corrected chi connectivity index (χ0v) is 14.1. The van der Waals surface area contributed by atoms with Crippen LogP contribution in [0.5, 0.6) is 0 Å². The highest BCUT2D eigenvalue weighted by Crippen LogP contribution is 2.15. The molecule has 25 heavy (non-hydrogen) atoms. The summed E-state index contributed by atoms with van der Waals surface area (Å²) in [5.74, 6) is -2.02. The molecule has 0 spiro atoms.